The Balaban J connectivity index is 2.81. The quantitative estimate of drug-likeness (QED) is 0.827. The summed E-state index contributed by atoms with van der Waals surface area (Å²) in [5.74, 6) is 0. The average Bonchev–Trinajstić information content (AvgIpc) is 2.03. The van der Waals surface area contributed by atoms with Crippen molar-refractivity contribution in [3.05, 3.63) is 33.8 Å². The number of hydrogen-bond acceptors (Lipinski definition) is 2. The second-order valence-corrected chi connectivity index (χ2v) is 3.66. The summed E-state index contributed by atoms with van der Waals surface area (Å²) in [6, 6.07) is 4.95. The molecule has 13 heavy (non-hydrogen) atoms. The van der Waals surface area contributed by atoms with Crippen molar-refractivity contribution in [3.63, 3.8) is 0 Å². The van der Waals surface area contributed by atoms with Crippen LogP contribution in [-0.2, 0) is 22.2 Å². The predicted octanol–water partition coefficient (Wildman–Crippen LogP) is 2.65. The first kappa shape index (κ1) is 10.9. The first-order valence-corrected chi connectivity index (χ1v) is 5.07. The number of rotatable bonds is 3. The normalized spacial score (nSPS) is 12.8. The molecule has 0 aliphatic rings. The maximum absolute atomic E-state index is 10.2. The van der Waals surface area contributed by atoms with E-state index in [1.165, 1.54) is 0 Å². The van der Waals surface area contributed by atoms with Crippen LogP contribution in [0.15, 0.2) is 18.2 Å². The Bertz CT molecular complexity index is 309. The van der Waals surface area contributed by atoms with Gasteiger partial charge in [0.15, 0.2) is 0 Å². The largest absolute Gasteiger partial charge is 0.302 e. The second kappa shape index (κ2) is 4.93. The zero-order valence-corrected chi connectivity index (χ0v) is 8.70. The highest BCUT2D eigenvalue weighted by Crippen LogP contribution is 2.24. The summed E-state index contributed by atoms with van der Waals surface area (Å²) < 4.78 is 23.0. The van der Waals surface area contributed by atoms with Gasteiger partial charge < -0.3 is 0 Å². The lowest BCUT2D eigenvalue weighted by atomic mass is 10.2. The van der Waals surface area contributed by atoms with E-state index in [0.29, 0.717) is 15.6 Å². The molecule has 0 amide bonds. The maximum Gasteiger partial charge on any atom is 0.302 e. The molecule has 1 unspecified atom stereocenters. The summed E-state index contributed by atoms with van der Waals surface area (Å²) in [6.07, 6.45) is 0. The Hall–Kier alpha value is -0.130. The van der Waals surface area contributed by atoms with Gasteiger partial charge in [0.2, 0.25) is 0 Å². The van der Waals surface area contributed by atoms with Crippen molar-refractivity contribution in [2.45, 2.75) is 6.61 Å². The fraction of sp³-hybridized carbons (Fsp3) is 0.143. The third-order valence-electron chi connectivity index (χ3n) is 1.37. The van der Waals surface area contributed by atoms with E-state index in [0.717, 1.165) is 0 Å². The van der Waals surface area contributed by atoms with Gasteiger partial charge in [0.05, 0.1) is 6.61 Å². The van der Waals surface area contributed by atoms with Crippen LogP contribution in [0.25, 0.3) is 0 Å². The van der Waals surface area contributed by atoms with Crippen molar-refractivity contribution in [2.75, 3.05) is 0 Å². The predicted molar refractivity (Wildman–Crippen MR) is 52.0 cm³/mol. The van der Waals surface area contributed by atoms with Crippen LogP contribution >= 0.6 is 23.2 Å². The topological polar surface area (TPSA) is 46.5 Å². The van der Waals surface area contributed by atoms with Crippen LogP contribution in [-0.4, -0.2) is 8.76 Å². The molecular weight excluding hydrogens is 235 g/mol. The van der Waals surface area contributed by atoms with Crippen molar-refractivity contribution >= 4 is 34.6 Å². The SMILES string of the molecule is O=S(O)OCc1c(Cl)cccc1Cl. The van der Waals surface area contributed by atoms with Crippen molar-refractivity contribution in [1.82, 2.24) is 0 Å². The van der Waals surface area contributed by atoms with Gasteiger partial charge in [-0.1, -0.05) is 29.3 Å². The van der Waals surface area contributed by atoms with E-state index in [4.69, 9.17) is 27.8 Å². The molecule has 0 radical (unpaired) electrons. The van der Waals surface area contributed by atoms with Gasteiger partial charge in [0.25, 0.3) is 0 Å². The Morgan fingerprint density at radius 2 is 1.92 bits per heavy atom. The molecule has 0 aliphatic heterocycles. The minimum Gasteiger partial charge on any atom is -0.284 e. The molecule has 1 rings (SSSR count). The molecule has 6 heteroatoms. The van der Waals surface area contributed by atoms with Crippen LogP contribution in [0, 0.1) is 0 Å². The Morgan fingerprint density at radius 1 is 1.38 bits per heavy atom. The van der Waals surface area contributed by atoms with E-state index in [1.54, 1.807) is 18.2 Å². The zero-order valence-electron chi connectivity index (χ0n) is 6.37. The van der Waals surface area contributed by atoms with E-state index in [-0.39, 0.29) is 6.61 Å². The van der Waals surface area contributed by atoms with E-state index in [9.17, 15) is 4.21 Å². The highest BCUT2D eigenvalue weighted by Gasteiger charge is 2.06. The third kappa shape index (κ3) is 3.25. The van der Waals surface area contributed by atoms with Crippen LogP contribution in [0.2, 0.25) is 10.0 Å². The fourth-order valence-electron chi connectivity index (χ4n) is 0.780. The molecule has 0 heterocycles. The summed E-state index contributed by atoms with van der Waals surface area (Å²) in [6.45, 7) is -0.0817. The highest BCUT2D eigenvalue weighted by molar-refractivity contribution is 7.74. The van der Waals surface area contributed by atoms with Crippen molar-refractivity contribution in [3.8, 4) is 0 Å². The second-order valence-electron chi connectivity index (χ2n) is 2.18. The van der Waals surface area contributed by atoms with Crippen LogP contribution in [0.5, 0.6) is 0 Å². The van der Waals surface area contributed by atoms with Crippen LogP contribution in [0.3, 0.4) is 0 Å². The molecule has 1 aromatic carbocycles. The van der Waals surface area contributed by atoms with Gasteiger partial charge in [0, 0.05) is 15.6 Å². The minimum atomic E-state index is -2.30. The molecule has 0 saturated heterocycles. The first-order chi connectivity index (χ1) is 6.11. The summed E-state index contributed by atoms with van der Waals surface area (Å²) in [5.41, 5.74) is 0.508. The Labute approximate surface area is 88.1 Å². The molecule has 0 saturated carbocycles. The number of hydrogen-bond donors (Lipinski definition) is 1. The van der Waals surface area contributed by atoms with Gasteiger partial charge in [-0.3, -0.25) is 8.74 Å². The monoisotopic (exact) mass is 240 g/mol. The smallest absolute Gasteiger partial charge is 0.284 e. The average molecular weight is 241 g/mol. The van der Waals surface area contributed by atoms with Gasteiger partial charge >= 0.3 is 11.4 Å². The lowest BCUT2D eigenvalue weighted by Crippen LogP contribution is -1.97. The standard InChI is InChI=1S/C7H6Cl2O3S/c8-6-2-1-3-7(9)5(6)4-12-13(10)11/h1-3H,4H2,(H,10,11). The lowest BCUT2D eigenvalue weighted by Gasteiger charge is -2.04. The molecule has 0 aliphatic carbocycles. The fourth-order valence-corrected chi connectivity index (χ4v) is 1.50. The van der Waals surface area contributed by atoms with Crippen LogP contribution in [0.4, 0.5) is 0 Å². The third-order valence-corrected chi connectivity index (χ3v) is 2.39. The minimum absolute atomic E-state index is 0.0817. The molecule has 0 spiro atoms. The number of halogens is 2. The molecule has 0 bridgehead atoms. The summed E-state index contributed by atoms with van der Waals surface area (Å²) in [4.78, 5) is 0. The van der Waals surface area contributed by atoms with Crippen molar-refractivity contribution in [1.29, 1.82) is 0 Å². The molecule has 72 valence electrons. The lowest BCUT2D eigenvalue weighted by molar-refractivity contribution is 0.297. The highest BCUT2D eigenvalue weighted by atomic mass is 35.5. The van der Waals surface area contributed by atoms with Gasteiger partial charge in [-0.2, -0.15) is 4.21 Å². The molecule has 1 atom stereocenters. The maximum atomic E-state index is 10.2. The van der Waals surface area contributed by atoms with Gasteiger partial charge in [-0.15, -0.1) is 0 Å². The first-order valence-electron chi connectivity index (χ1n) is 3.28. The Morgan fingerprint density at radius 3 is 2.38 bits per heavy atom. The van der Waals surface area contributed by atoms with E-state index < -0.39 is 11.4 Å². The summed E-state index contributed by atoms with van der Waals surface area (Å²) in [5, 5.41) is 0.830. The van der Waals surface area contributed by atoms with E-state index >= 15 is 0 Å². The number of benzene rings is 1. The Kier molecular flexibility index (Phi) is 4.15. The van der Waals surface area contributed by atoms with Gasteiger partial charge in [-0.25, -0.2) is 0 Å². The molecular formula is C7H6Cl2O3S. The van der Waals surface area contributed by atoms with Gasteiger partial charge in [-0.05, 0) is 12.1 Å². The summed E-state index contributed by atoms with van der Waals surface area (Å²) in [7, 11) is 0. The zero-order chi connectivity index (χ0) is 9.84. The molecule has 3 nitrogen and oxygen atoms in total. The van der Waals surface area contributed by atoms with Crippen LogP contribution < -0.4 is 0 Å². The van der Waals surface area contributed by atoms with Gasteiger partial charge in [0.1, 0.15) is 0 Å². The van der Waals surface area contributed by atoms with E-state index in [2.05, 4.69) is 4.18 Å². The molecule has 1 N–H and O–H groups in total. The van der Waals surface area contributed by atoms with Crippen LogP contribution in [0.1, 0.15) is 5.56 Å². The van der Waals surface area contributed by atoms with Crippen molar-refractivity contribution < 1.29 is 12.9 Å². The molecule has 0 aromatic heterocycles. The summed E-state index contributed by atoms with van der Waals surface area (Å²) >= 11 is 9.24. The van der Waals surface area contributed by atoms with E-state index in [1.807, 2.05) is 0 Å². The molecule has 1 aromatic rings. The molecule has 0 fully saturated rings. The van der Waals surface area contributed by atoms with Crippen molar-refractivity contribution in [2.24, 2.45) is 0 Å².